The SMILES string of the molecule is O=C(Cc1ccc(F)cc1)CN1CCCC1. The molecule has 1 fully saturated rings. The summed E-state index contributed by atoms with van der Waals surface area (Å²) in [4.78, 5) is 13.9. The molecule has 2 nitrogen and oxygen atoms in total. The van der Waals surface area contributed by atoms with Gasteiger partial charge in [-0.1, -0.05) is 12.1 Å². The molecule has 16 heavy (non-hydrogen) atoms. The summed E-state index contributed by atoms with van der Waals surface area (Å²) in [5.41, 5.74) is 0.894. The van der Waals surface area contributed by atoms with Crippen molar-refractivity contribution in [3.63, 3.8) is 0 Å². The first-order chi connectivity index (χ1) is 7.74. The Balaban J connectivity index is 1.84. The lowest BCUT2D eigenvalue weighted by atomic mass is 10.1. The van der Waals surface area contributed by atoms with Gasteiger partial charge in [0, 0.05) is 6.42 Å². The molecular formula is C13H16FNO. The van der Waals surface area contributed by atoms with Crippen molar-refractivity contribution in [2.24, 2.45) is 0 Å². The van der Waals surface area contributed by atoms with Crippen LogP contribution >= 0.6 is 0 Å². The summed E-state index contributed by atoms with van der Waals surface area (Å²) in [6, 6.07) is 6.16. The zero-order valence-electron chi connectivity index (χ0n) is 9.29. The molecule has 0 aliphatic carbocycles. The Morgan fingerprint density at radius 1 is 1.19 bits per heavy atom. The Bertz CT molecular complexity index is 355. The lowest BCUT2D eigenvalue weighted by Crippen LogP contribution is -2.27. The van der Waals surface area contributed by atoms with Gasteiger partial charge in [0.2, 0.25) is 0 Å². The van der Waals surface area contributed by atoms with Gasteiger partial charge in [0.05, 0.1) is 6.54 Å². The summed E-state index contributed by atoms with van der Waals surface area (Å²) in [6.45, 7) is 2.61. The maximum absolute atomic E-state index is 12.7. The molecule has 1 aromatic carbocycles. The fraction of sp³-hybridized carbons (Fsp3) is 0.462. The molecular weight excluding hydrogens is 205 g/mol. The number of carbonyl (C=O) groups excluding carboxylic acids is 1. The third-order valence-electron chi connectivity index (χ3n) is 2.91. The summed E-state index contributed by atoms with van der Waals surface area (Å²) >= 11 is 0. The molecule has 1 saturated heterocycles. The van der Waals surface area contributed by atoms with E-state index >= 15 is 0 Å². The number of rotatable bonds is 4. The molecule has 0 aromatic heterocycles. The molecule has 0 radical (unpaired) electrons. The van der Waals surface area contributed by atoms with E-state index in [1.807, 2.05) is 0 Å². The van der Waals surface area contributed by atoms with Gasteiger partial charge in [-0.05, 0) is 43.6 Å². The van der Waals surface area contributed by atoms with Gasteiger partial charge in [-0.3, -0.25) is 9.69 Å². The molecule has 0 atom stereocenters. The van der Waals surface area contributed by atoms with Crippen LogP contribution < -0.4 is 0 Å². The highest BCUT2D eigenvalue weighted by molar-refractivity contribution is 5.82. The fourth-order valence-electron chi connectivity index (χ4n) is 2.08. The number of Topliss-reactive ketones (excluding diaryl/α,β-unsaturated/α-hetero) is 1. The van der Waals surface area contributed by atoms with E-state index in [1.165, 1.54) is 25.0 Å². The number of nitrogens with zero attached hydrogens (tertiary/aromatic N) is 1. The molecule has 1 aliphatic heterocycles. The predicted octanol–water partition coefficient (Wildman–Crippen LogP) is 2.03. The Morgan fingerprint density at radius 2 is 1.81 bits per heavy atom. The molecule has 0 amide bonds. The van der Waals surface area contributed by atoms with Crippen molar-refractivity contribution in [1.82, 2.24) is 4.90 Å². The average Bonchev–Trinajstić information content (AvgIpc) is 2.74. The molecule has 2 rings (SSSR count). The van der Waals surface area contributed by atoms with Crippen LogP contribution in [0.2, 0.25) is 0 Å². The maximum Gasteiger partial charge on any atom is 0.151 e. The minimum atomic E-state index is -0.254. The van der Waals surface area contributed by atoms with Crippen LogP contribution in [0.3, 0.4) is 0 Å². The number of hydrogen-bond donors (Lipinski definition) is 0. The van der Waals surface area contributed by atoms with Gasteiger partial charge < -0.3 is 0 Å². The van der Waals surface area contributed by atoms with Crippen molar-refractivity contribution in [1.29, 1.82) is 0 Å². The van der Waals surface area contributed by atoms with Gasteiger partial charge in [-0.2, -0.15) is 0 Å². The first-order valence-corrected chi connectivity index (χ1v) is 5.72. The molecule has 0 unspecified atom stereocenters. The molecule has 0 N–H and O–H groups in total. The number of ketones is 1. The lowest BCUT2D eigenvalue weighted by Gasteiger charge is -2.12. The third-order valence-corrected chi connectivity index (χ3v) is 2.91. The summed E-state index contributed by atoms with van der Waals surface area (Å²) < 4.78 is 12.7. The first-order valence-electron chi connectivity index (χ1n) is 5.72. The summed E-state index contributed by atoms with van der Waals surface area (Å²) in [5, 5.41) is 0. The van der Waals surface area contributed by atoms with Crippen LogP contribution in [0.1, 0.15) is 18.4 Å². The predicted molar refractivity (Wildman–Crippen MR) is 60.8 cm³/mol. The van der Waals surface area contributed by atoms with Crippen LogP contribution in [-0.2, 0) is 11.2 Å². The monoisotopic (exact) mass is 221 g/mol. The Hall–Kier alpha value is -1.22. The van der Waals surface area contributed by atoms with E-state index in [9.17, 15) is 9.18 Å². The van der Waals surface area contributed by atoms with Crippen LogP contribution in [0.4, 0.5) is 4.39 Å². The number of benzene rings is 1. The van der Waals surface area contributed by atoms with Crippen molar-refractivity contribution in [2.45, 2.75) is 19.3 Å². The number of carbonyl (C=O) groups is 1. The first kappa shape index (κ1) is 11.3. The van der Waals surface area contributed by atoms with Crippen LogP contribution in [0.25, 0.3) is 0 Å². The van der Waals surface area contributed by atoms with Gasteiger partial charge in [0.25, 0.3) is 0 Å². The van der Waals surface area contributed by atoms with E-state index in [-0.39, 0.29) is 11.6 Å². The van der Waals surface area contributed by atoms with Crippen molar-refractivity contribution in [3.05, 3.63) is 35.6 Å². The standard InChI is InChI=1S/C13H16FNO/c14-12-5-3-11(4-6-12)9-13(16)10-15-7-1-2-8-15/h3-6H,1-2,7-10H2. The van der Waals surface area contributed by atoms with E-state index in [2.05, 4.69) is 4.90 Å². The smallest absolute Gasteiger partial charge is 0.151 e. The maximum atomic E-state index is 12.7. The molecule has 1 aliphatic rings. The molecule has 0 saturated carbocycles. The molecule has 0 spiro atoms. The van der Waals surface area contributed by atoms with Gasteiger partial charge >= 0.3 is 0 Å². The minimum absolute atomic E-state index is 0.216. The Morgan fingerprint density at radius 3 is 2.44 bits per heavy atom. The van der Waals surface area contributed by atoms with Crippen molar-refractivity contribution in [2.75, 3.05) is 19.6 Å². The van der Waals surface area contributed by atoms with Crippen molar-refractivity contribution < 1.29 is 9.18 Å². The average molecular weight is 221 g/mol. The largest absolute Gasteiger partial charge is 0.298 e. The lowest BCUT2D eigenvalue weighted by molar-refractivity contribution is -0.119. The van der Waals surface area contributed by atoms with Gasteiger partial charge in [-0.15, -0.1) is 0 Å². The second kappa shape index (κ2) is 5.21. The van der Waals surface area contributed by atoms with E-state index in [0.29, 0.717) is 13.0 Å². The van der Waals surface area contributed by atoms with Crippen LogP contribution in [0.15, 0.2) is 24.3 Å². The normalized spacial score (nSPS) is 16.6. The zero-order chi connectivity index (χ0) is 11.4. The Labute approximate surface area is 95.1 Å². The highest BCUT2D eigenvalue weighted by Crippen LogP contribution is 2.08. The van der Waals surface area contributed by atoms with Crippen LogP contribution in [-0.4, -0.2) is 30.3 Å². The van der Waals surface area contributed by atoms with Gasteiger partial charge in [0.15, 0.2) is 5.78 Å². The van der Waals surface area contributed by atoms with E-state index in [1.54, 1.807) is 12.1 Å². The number of halogens is 1. The molecule has 0 bridgehead atoms. The quantitative estimate of drug-likeness (QED) is 0.775. The minimum Gasteiger partial charge on any atom is -0.298 e. The highest BCUT2D eigenvalue weighted by atomic mass is 19.1. The van der Waals surface area contributed by atoms with E-state index < -0.39 is 0 Å². The molecule has 1 heterocycles. The van der Waals surface area contributed by atoms with Gasteiger partial charge in [0.1, 0.15) is 5.82 Å². The zero-order valence-corrected chi connectivity index (χ0v) is 9.29. The molecule has 86 valence electrons. The highest BCUT2D eigenvalue weighted by Gasteiger charge is 2.15. The van der Waals surface area contributed by atoms with E-state index in [0.717, 1.165) is 18.7 Å². The molecule has 3 heteroatoms. The second-order valence-electron chi connectivity index (χ2n) is 4.33. The van der Waals surface area contributed by atoms with Crippen LogP contribution in [0, 0.1) is 5.82 Å². The number of hydrogen-bond acceptors (Lipinski definition) is 2. The third kappa shape index (κ3) is 3.14. The van der Waals surface area contributed by atoms with Crippen LogP contribution in [0.5, 0.6) is 0 Å². The fourth-order valence-corrected chi connectivity index (χ4v) is 2.08. The van der Waals surface area contributed by atoms with Crippen molar-refractivity contribution >= 4 is 5.78 Å². The van der Waals surface area contributed by atoms with Gasteiger partial charge in [-0.25, -0.2) is 4.39 Å². The topological polar surface area (TPSA) is 20.3 Å². The second-order valence-corrected chi connectivity index (χ2v) is 4.33. The summed E-state index contributed by atoms with van der Waals surface area (Å²) in [5.74, 6) is -0.0377. The number of likely N-dealkylation sites (tertiary alicyclic amines) is 1. The summed E-state index contributed by atoms with van der Waals surface area (Å²) in [6.07, 6.45) is 2.81. The summed E-state index contributed by atoms with van der Waals surface area (Å²) in [7, 11) is 0. The molecule has 1 aromatic rings. The van der Waals surface area contributed by atoms with Crippen molar-refractivity contribution in [3.8, 4) is 0 Å². The van der Waals surface area contributed by atoms with E-state index in [4.69, 9.17) is 0 Å². The Kier molecular flexibility index (Phi) is 3.67.